The normalized spacial score (nSPS) is 30.6. The second-order valence-electron chi connectivity index (χ2n) is 5.89. The van der Waals surface area contributed by atoms with E-state index in [2.05, 4.69) is 24.5 Å². The summed E-state index contributed by atoms with van der Waals surface area (Å²) in [5.41, 5.74) is -0.0445. The van der Waals surface area contributed by atoms with Crippen LogP contribution in [0.15, 0.2) is 0 Å². The lowest BCUT2D eigenvalue weighted by Gasteiger charge is -2.34. The van der Waals surface area contributed by atoms with Crippen LogP contribution in [-0.4, -0.2) is 25.0 Å². The molecule has 1 aliphatic heterocycles. The fourth-order valence-electron chi connectivity index (χ4n) is 3.30. The summed E-state index contributed by atoms with van der Waals surface area (Å²) in [6.07, 6.45) is 6.78. The average Bonchev–Trinajstić information content (AvgIpc) is 2.82. The summed E-state index contributed by atoms with van der Waals surface area (Å²) in [7, 11) is 0. The van der Waals surface area contributed by atoms with Gasteiger partial charge in [0.1, 0.15) is 0 Å². The highest BCUT2D eigenvalue weighted by Crippen LogP contribution is 2.41. The van der Waals surface area contributed by atoms with Gasteiger partial charge in [0.15, 0.2) is 0 Å². The van der Waals surface area contributed by atoms with Crippen molar-refractivity contribution >= 4 is 18.3 Å². The van der Waals surface area contributed by atoms with E-state index in [1.807, 2.05) is 0 Å². The topological polar surface area (TPSA) is 41.1 Å². The fourth-order valence-corrected chi connectivity index (χ4v) is 3.30. The number of rotatable bonds is 3. The molecule has 1 heterocycles. The number of hydrogen-bond donors (Lipinski definition) is 2. The third-order valence-corrected chi connectivity index (χ3v) is 4.86. The van der Waals surface area contributed by atoms with Crippen molar-refractivity contribution in [2.24, 2.45) is 11.3 Å². The summed E-state index contributed by atoms with van der Waals surface area (Å²) in [5, 5.41) is 6.68. The number of carbonyl (C=O) groups excluding carboxylic acids is 1. The lowest BCUT2D eigenvalue weighted by molar-refractivity contribution is -0.132. The first-order chi connectivity index (χ1) is 8.18. The molecule has 106 valence electrons. The van der Waals surface area contributed by atoms with E-state index >= 15 is 0 Å². The Balaban J connectivity index is 0.00000162. The predicted octanol–water partition coefficient (Wildman–Crippen LogP) is 2.49. The summed E-state index contributed by atoms with van der Waals surface area (Å²) >= 11 is 0. The van der Waals surface area contributed by atoms with E-state index in [0.717, 1.165) is 32.4 Å². The van der Waals surface area contributed by atoms with E-state index in [1.165, 1.54) is 19.3 Å². The number of piperidine rings is 1. The van der Waals surface area contributed by atoms with Gasteiger partial charge in [-0.25, -0.2) is 0 Å². The van der Waals surface area contributed by atoms with E-state index in [9.17, 15) is 4.79 Å². The fraction of sp³-hybridized carbons (Fsp3) is 0.929. The molecule has 0 bridgehead atoms. The highest BCUT2D eigenvalue weighted by atomic mass is 35.5. The van der Waals surface area contributed by atoms with Gasteiger partial charge in [-0.3, -0.25) is 4.79 Å². The number of halogens is 1. The zero-order chi connectivity index (χ0) is 12.3. The molecule has 2 rings (SSSR count). The molecule has 3 nitrogen and oxygen atoms in total. The summed E-state index contributed by atoms with van der Waals surface area (Å²) < 4.78 is 0. The van der Waals surface area contributed by atoms with Crippen LogP contribution in [-0.2, 0) is 4.79 Å². The molecule has 2 unspecified atom stereocenters. The molecule has 4 heteroatoms. The molecule has 2 aliphatic rings. The van der Waals surface area contributed by atoms with Gasteiger partial charge in [0.05, 0.1) is 0 Å². The summed E-state index contributed by atoms with van der Waals surface area (Å²) in [4.78, 5) is 12.5. The third-order valence-electron chi connectivity index (χ3n) is 4.86. The van der Waals surface area contributed by atoms with Crippen molar-refractivity contribution < 1.29 is 4.79 Å². The van der Waals surface area contributed by atoms with Gasteiger partial charge in [-0.15, -0.1) is 12.4 Å². The predicted molar refractivity (Wildman–Crippen MR) is 77.0 cm³/mol. The minimum atomic E-state index is -0.0445. The van der Waals surface area contributed by atoms with E-state index < -0.39 is 0 Å². The van der Waals surface area contributed by atoms with Crippen molar-refractivity contribution in [2.75, 3.05) is 13.1 Å². The summed E-state index contributed by atoms with van der Waals surface area (Å²) in [6, 6.07) is 0.334. The first-order valence-corrected chi connectivity index (χ1v) is 7.19. The lowest BCUT2D eigenvalue weighted by Crippen LogP contribution is -2.53. The molecule has 0 aromatic rings. The van der Waals surface area contributed by atoms with E-state index in [-0.39, 0.29) is 17.8 Å². The van der Waals surface area contributed by atoms with Crippen molar-refractivity contribution in [1.29, 1.82) is 0 Å². The molecule has 18 heavy (non-hydrogen) atoms. The largest absolute Gasteiger partial charge is 0.351 e. The van der Waals surface area contributed by atoms with Crippen molar-refractivity contribution in [3.8, 4) is 0 Å². The maximum Gasteiger partial charge on any atom is 0.226 e. The van der Waals surface area contributed by atoms with Crippen molar-refractivity contribution in [1.82, 2.24) is 10.6 Å². The number of hydrogen-bond acceptors (Lipinski definition) is 2. The smallest absolute Gasteiger partial charge is 0.226 e. The van der Waals surface area contributed by atoms with Crippen LogP contribution in [0.1, 0.15) is 52.4 Å². The molecular weight excluding hydrogens is 248 g/mol. The van der Waals surface area contributed by atoms with Gasteiger partial charge in [0.2, 0.25) is 5.91 Å². The molecule has 2 N–H and O–H groups in total. The average molecular weight is 275 g/mol. The lowest BCUT2D eigenvalue weighted by atomic mass is 9.81. The molecule has 1 saturated carbocycles. The Kier molecular flexibility index (Phi) is 5.93. The van der Waals surface area contributed by atoms with Crippen molar-refractivity contribution in [3.63, 3.8) is 0 Å². The Hall–Kier alpha value is -0.280. The molecule has 1 amide bonds. The SMILES string of the molecule is CCC1(C(=O)NC2CNCCC2C)CCCC1.Cl. The standard InChI is InChI=1S/C14H26N2O.ClH/c1-3-14(7-4-5-8-14)13(17)16-12-10-15-9-6-11(12)2;/h11-12,15H,3-10H2,1-2H3,(H,16,17);1H. The Bertz CT molecular complexity index is 277. The van der Waals surface area contributed by atoms with E-state index in [4.69, 9.17) is 0 Å². The molecule has 2 fully saturated rings. The molecule has 0 aromatic heterocycles. The second-order valence-corrected chi connectivity index (χ2v) is 5.89. The highest BCUT2D eigenvalue weighted by Gasteiger charge is 2.40. The third kappa shape index (κ3) is 3.18. The number of carbonyl (C=O) groups is 1. The van der Waals surface area contributed by atoms with E-state index in [1.54, 1.807) is 0 Å². The molecule has 1 saturated heterocycles. The molecule has 1 aliphatic carbocycles. The Morgan fingerprint density at radius 3 is 2.61 bits per heavy atom. The summed E-state index contributed by atoms with van der Waals surface area (Å²) in [5.74, 6) is 0.925. The number of amides is 1. The van der Waals surface area contributed by atoms with Gasteiger partial charge < -0.3 is 10.6 Å². The van der Waals surface area contributed by atoms with Crippen LogP contribution in [0, 0.1) is 11.3 Å². The van der Waals surface area contributed by atoms with Crippen molar-refractivity contribution in [3.05, 3.63) is 0 Å². The zero-order valence-electron chi connectivity index (χ0n) is 11.6. The maximum atomic E-state index is 12.5. The first kappa shape index (κ1) is 15.8. The van der Waals surface area contributed by atoms with Crippen LogP contribution in [0.5, 0.6) is 0 Å². The quantitative estimate of drug-likeness (QED) is 0.830. The molecule has 2 atom stereocenters. The minimum absolute atomic E-state index is 0. The van der Waals surface area contributed by atoms with Crippen LogP contribution in [0.3, 0.4) is 0 Å². The highest BCUT2D eigenvalue weighted by molar-refractivity contribution is 5.85. The van der Waals surface area contributed by atoms with Crippen molar-refractivity contribution in [2.45, 2.75) is 58.4 Å². The molecule has 0 spiro atoms. The summed E-state index contributed by atoms with van der Waals surface area (Å²) in [6.45, 7) is 6.44. The van der Waals surface area contributed by atoms with Gasteiger partial charge in [0.25, 0.3) is 0 Å². The van der Waals surface area contributed by atoms with Crippen LogP contribution < -0.4 is 10.6 Å². The van der Waals surface area contributed by atoms with Gasteiger partial charge >= 0.3 is 0 Å². The monoisotopic (exact) mass is 274 g/mol. The first-order valence-electron chi connectivity index (χ1n) is 7.19. The Morgan fingerprint density at radius 1 is 1.39 bits per heavy atom. The molecular formula is C14H27ClN2O. The maximum absolute atomic E-state index is 12.5. The van der Waals surface area contributed by atoms with Gasteiger partial charge in [-0.2, -0.15) is 0 Å². The minimum Gasteiger partial charge on any atom is -0.351 e. The Morgan fingerprint density at radius 2 is 2.06 bits per heavy atom. The zero-order valence-corrected chi connectivity index (χ0v) is 12.4. The van der Waals surface area contributed by atoms with E-state index in [0.29, 0.717) is 17.9 Å². The van der Waals surface area contributed by atoms with Crippen LogP contribution in [0.25, 0.3) is 0 Å². The molecule has 0 aromatic carbocycles. The van der Waals surface area contributed by atoms with Gasteiger partial charge in [0, 0.05) is 18.0 Å². The number of nitrogens with one attached hydrogen (secondary N) is 2. The Labute approximate surface area is 117 Å². The van der Waals surface area contributed by atoms with Gasteiger partial charge in [-0.1, -0.05) is 26.7 Å². The van der Waals surface area contributed by atoms with Gasteiger partial charge in [-0.05, 0) is 38.1 Å². The van der Waals surface area contributed by atoms with Crippen LogP contribution in [0.2, 0.25) is 0 Å². The molecule has 0 radical (unpaired) electrons. The second kappa shape index (κ2) is 6.76. The van der Waals surface area contributed by atoms with Crippen LogP contribution in [0.4, 0.5) is 0 Å². The van der Waals surface area contributed by atoms with Crippen LogP contribution >= 0.6 is 12.4 Å².